The number of nitrogens with zero attached hydrogens (tertiary/aromatic N) is 2. The minimum atomic E-state index is -0.752. The van der Waals surface area contributed by atoms with Crippen molar-refractivity contribution in [3.63, 3.8) is 0 Å². The second-order valence-electron chi connectivity index (χ2n) is 9.27. The molecule has 2 atom stereocenters. The van der Waals surface area contributed by atoms with Crippen molar-refractivity contribution in [1.29, 1.82) is 0 Å². The molecule has 4 aromatic rings. The van der Waals surface area contributed by atoms with Crippen LogP contribution in [0.4, 0.5) is 4.39 Å². The lowest BCUT2D eigenvalue weighted by molar-refractivity contribution is -0.120. The predicted octanol–water partition coefficient (Wildman–Crippen LogP) is 4.49. The first-order valence-corrected chi connectivity index (χ1v) is 12.4. The van der Waals surface area contributed by atoms with E-state index in [4.69, 9.17) is 4.74 Å². The predicted molar refractivity (Wildman–Crippen MR) is 136 cm³/mol. The Balaban J connectivity index is 1.24. The summed E-state index contributed by atoms with van der Waals surface area (Å²) in [4.78, 5) is 17.3. The zero-order chi connectivity index (χ0) is 24.9. The molecule has 1 heterocycles. The third-order valence-electron chi connectivity index (χ3n) is 6.65. The highest BCUT2D eigenvalue weighted by atomic mass is 19.1. The van der Waals surface area contributed by atoms with E-state index in [-0.39, 0.29) is 37.4 Å². The number of hydrogen-bond donors (Lipinski definition) is 2. The standard InChI is InChI=1S/C29H30FN3O3/c30-22-14-12-20(13-15-22)17-31-29(35)16-28-32-25-9-3-4-10-26(25)33(28)18-23(34)19-36-27-11-5-7-21-6-1-2-8-24(21)27/h1-4,6,8-10,12-15,23,27,34H,5,7,11,16-19H2,(H,31,35)/t23-,27+/m1/s1. The zero-order valence-electron chi connectivity index (χ0n) is 20.1. The van der Waals surface area contributed by atoms with Crippen molar-refractivity contribution in [2.75, 3.05) is 6.61 Å². The van der Waals surface area contributed by atoms with Gasteiger partial charge in [-0.05, 0) is 60.2 Å². The molecule has 5 rings (SSSR count). The highest BCUT2D eigenvalue weighted by Gasteiger charge is 2.22. The van der Waals surface area contributed by atoms with E-state index in [1.165, 1.54) is 23.3 Å². The Bertz CT molecular complexity index is 1340. The molecule has 2 N–H and O–H groups in total. The highest BCUT2D eigenvalue weighted by Crippen LogP contribution is 2.32. The normalized spacial score (nSPS) is 16.0. The number of aliphatic hydroxyl groups excluding tert-OH is 1. The molecule has 36 heavy (non-hydrogen) atoms. The summed E-state index contributed by atoms with van der Waals surface area (Å²) in [6.07, 6.45) is 2.38. The summed E-state index contributed by atoms with van der Waals surface area (Å²) >= 11 is 0. The largest absolute Gasteiger partial charge is 0.389 e. The van der Waals surface area contributed by atoms with Crippen LogP contribution >= 0.6 is 0 Å². The number of carbonyl (C=O) groups is 1. The Morgan fingerprint density at radius 1 is 1.11 bits per heavy atom. The van der Waals surface area contributed by atoms with Crippen LogP contribution in [0.3, 0.4) is 0 Å². The van der Waals surface area contributed by atoms with Gasteiger partial charge in [0.1, 0.15) is 11.6 Å². The van der Waals surface area contributed by atoms with Crippen molar-refractivity contribution >= 4 is 16.9 Å². The first-order chi connectivity index (χ1) is 17.6. The highest BCUT2D eigenvalue weighted by molar-refractivity contribution is 5.81. The first kappa shape index (κ1) is 24.2. The van der Waals surface area contributed by atoms with Gasteiger partial charge in [-0.2, -0.15) is 0 Å². The Morgan fingerprint density at radius 2 is 1.89 bits per heavy atom. The number of amides is 1. The number of hydrogen-bond acceptors (Lipinski definition) is 4. The van der Waals surface area contributed by atoms with E-state index in [0.717, 1.165) is 35.9 Å². The third-order valence-corrected chi connectivity index (χ3v) is 6.65. The maximum Gasteiger partial charge on any atom is 0.227 e. The number of aliphatic hydroxyl groups is 1. The molecule has 0 fully saturated rings. The van der Waals surface area contributed by atoms with E-state index in [0.29, 0.717) is 12.4 Å². The molecule has 1 amide bonds. The number of imidazole rings is 1. The smallest absolute Gasteiger partial charge is 0.227 e. The molecule has 0 spiro atoms. The van der Waals surface area contributed by atoms with Crippen molar-refractivity contribution in [3.8, 4) is 0 Å². The number of halogens is 1. The lowest BCUT2D eigenvalue weighted by Gasteiger charge is -2.26. The quantitative estimate of drug-likeness (QED) is 0.365. The van der Waals surface area contributed by atoms with Crippen molar-refractivity contribution in [3.05, 3.63) is 101 Å². The Hall–Kier alpha value is -3.55. The van der Waals surface area contributed by atoms with Gasteiger partial charge in [0.2, 0.25) is 5.91 Å². The Labute approximate surface area is 209 Å². The molecule has 0 saturated heterocycles. The number of ether oxygens (including phenoxy) is 1. The van der Waals surface area contributed by atoms with E-state index in [9.17, 15) is 14.3 Å². The van der Waals surface area contributed by atoms with E-state index in [1.54, 1.807) is 12.1 Å². The molecule has 0 unspecified atom stereocenters. The summed E-state index contributed by atoms with van der Waals surface area (Å²) in [6, 6.07) is 22.0. The lowest BCUT2D eigenvalue weighted by atomic mass is 9.89. The summed E-state index contributed by atoms with van der Waals surface area (Å²) in [5, 5.41) is 13.8. The van der Waals surface area contributed by atoms with Gasteiger partial charge in [0.05, 0.1) is 42.8 Å². The number of carbonyl (C=O) groups excluding carboxylic acids is 1. The van der Waals surface area contributed by atoms with E-state index in [1.807, 2.05) is 34.9 Å². The van der Waals surface area contributed by atoms with Crippen molar-refractivity contribution in [2.24, 2.45) is 0 Å². The molecular formula is C29H30FN3O3. The second-order valence-corrected chi connectivity index (χ2v) is 9.27. The van der Waals surface area contributed by atoms with Crippen LogP contribution in [0.2, 0.25) is 0 Å². The summed E-state index contributed by atoms with van der Waals surface area (Å²) in [5.41, 5.74) is 4.98. The number of aryl methyl sites for hydroxylation is 1. The molecule has 1 aliphatic rings. The van der Waals surface area contributed by atoms with E-state index < -0.39 is 6.10 Å². The summed E-state index contributed by atoms with van der Waals surface area (Å²) in [7, 11) is 0. The van der Waals surface area contributed by atoms with Crippen LogP contribution in [0.1, 0.15) is 41.5 Å². The molecule has 0 saturated carbocycles. The summed E-state index contributed by atoms with van der Waals surface area (Å²) < 4.78 is 21.2. The zero-order valence-corrected chi connectivity index (χ0v) is 20.1. The van der Waals surface area contributed by atoms with Gasteiger partial charge < -0.3 is 19.7 Å². The minimum absolute atomic E-state index is 0.0131. The number of rotatable bonds is 9. The van der Waals surface area contributed by atoms with Gasteiger partial charge in [0.15, 0.2) is 0 Å². The van der Waals surface area contributed by atoms with Crippen LogP contribution in [0.25, 0.3) is 11.0 Å². The van der Waals surface area contributed by atoms with Gasteiger partial charge in [0.25, 0.3) is 0 Å². The molecular weight excluding hydrogens is 457 g/mol. The fourth-order valence-corrected chi connectivity index (χ4v) is 4.85. The van der Waals surface area contributed by atoms with Crippen molar-refractivity contribution in [2.45, 2.75) is 51.0 Å². The van der Waals surface area contributed by atoms with Crippen LogP contribution in [0.5, 0.6) is 0 Å². The van der Waals surface area contributed by atoms with Crippen LogP contribution in [-0.2, 0) is 35.5 Å². The molecule has 1 aromatic heterocycles. The molecule has 0 aliphatic heterocycles. The van der Waals surface area contributed by atoms with Crippen LogP contribution in [0.15, 0.2) is 72.8 Å². The van der Waals surface area contributed by atoms with Gasteiger partial charge >= 0.3 is 0 Å². The second kappa shape index (κ2) is 11.0. The molecule has 0 bridgehead atoms. The SMILES string of the molecule is O=C(Cc1nc2ccccc2n1C[C@@H](O)CO[C@H]1CCCc2ccccc21)NCc1ccc(F)cc1. The molecule has 3 aromatic carbocycles. The fraction of sp³-hybridized carbons (Fsp3) is 0.310. The average molecular weight is 488 g/mol. The minimum Gasteiger partial charge on any atom is -0.389 e. The van der Waals surface area contributed by atoms with Gasteiger partial charge in [-0.1, -0.05) is 48.5 Å². The van der Waals surface area contributed by atoms with Gasteiger partial charge in [0, 0.05) is 6.54 Å². The van der Waals surface area contributed by atoms with Crippen LogP contribution in [0, 0.1) is 5.82 Å². The first-order valence-electron chi connectivity index (χ1n) is 12.4. The number of aromatic nitrogens is 2. The van der Waals surface area contributed by atoms with Crippen molar-refractivity contribution in [1.82, 2.24) is 14.9 Å². The molecule has 6 nitrogen and oxygen atoms in total. The van der Waals surface area contributed by atoms with E-state index >= 15 is 0 Å². The lowest BCUT2D eigenvalue weighted by Crippen LogP contribution is -2.28. The van der Waals surface area contributed by atoms with Gasteiger partial charge in [-0.3, -0.25) is 4.79 Å². The maximum absolute atomic E-state index is 13.1. The van der Waals surface area contributed by atoms with Crippen molar-refractivity contribution < 1.29 is 19.0 Å². The summed E-state index contributed by atoms with van der Waals surface area (Å²) in [5.74, 6) is 0.0735. The topological polar surface area (TPSA) is 76.4 Å². The number of fused-ring (bicyclic) bond motifs is 2. The maximum atomic E-state index is 13.1. The Morgan fingerprint density at radius 3 is 2.75 bits per heavy atom. The summed E-state index contributed by atoms with van der Waals surface area (Å²) in [6.45, 7) is 0.774. The molecule has 186 valence electrons. The Kier molecular flexibility index (Phi) is 7.39. The molecule has 0 radical (unpaired) electrons. The fourth-order valence-electron chi connectivity index (χ4n) is 4.85. The van der Waals surface area contributed by atoms with Crippen LogP contribution in [-0.4, -0.2) is 33.3 Å². The number of nitrogens with one attached hydrogen (secondary N) is 1. The molecule has 7 heteroatoms. The van der Waals surface area contributed by atoms with E-state index in [2.05, 4.69) is 28.5 Å². The van der Waals surface area contributed by atoms with Gasteiger partial charge in [-0.25, -0.2) is 9.37 Å². The van der Waals surface area contributed by atoms with Gasteiger partial charge in [-0.15, -0.1) is 0 Å². The average Bonchev–Trinajstić information content (AvgIpc) is 3.23. The van der Waals surface area contributed by atoms with Crippen LogP contribution < -0.4 is 5.32 Å². The monoisotopic (exact) mass is 487 g/mol. The number of para-hydroxylation sites is 2. The third kappa shape index (κ3) is 5.64. The number of benzene rings is 3. The molecule has 1 aliphatic carbocycles.